The Balaban J connectivity index is 1.53. The van der Waals surface area contributed by atoms with Crippen LogP contribution < -0.4 is 0 Å². The first-order valence-electron chi connectivity index (χ1n) is 9.24. The summed E-state index contributed by atoms with van der Waals surface area (Å²) in [5.74, 6) is 0.00279. The molecule has 0 bridgehead atoms. The second kappa shape index (κ2) is 7.78. The summed E-state index contributed by atoms with van der Waals surface area (Å²) in [5, 5.41) is 19.9. The van der Waals surface area contributed by atoms with E-state index in [1.807, 2.05) is 24.5 Å². The summed E-state index contributed by atoms with van der Waals surface area (Å²) in [6, 6.07) is 9.30. The standard InChI is InChI=1S/C21H22N4O2/c22-12-17-11-16(3-4-20(17)26)19-14-24-21-18(19)10-15(13-23-21)2-1-5-25-6-8-27-9-7-25/h3-4,10-11,13-14,26H,1-2,5-9H2,(H,23,24). The third-order valence-electron chi connectivity index (χ3n) is 5.06. The van der Waals surface area contributed by atoms with Crippen molar-refractivity contribution < 1.29 is 9.84 Å². The van der Waals surface area contributed by atoms with Gasteiger partial charge in [0.25, 0.3) is 0 Å². The Morgan fingerprint density at radius 3 is 2.93 bits per heavy atom. The van der Waals surface area contributed by atoms with Crippen molar-refractivity contribution in [1.29, 1.82) is 5.26 Å². The normalized spacial score (nSPS) is 15.1. The number of nitriles is 1. The number of ether oxygens (including phenoxy) is 1. The number of nitrogens with one attached hydrogen (secondary N) is 1. The lowest BCUT2D eigenvalue weighted by Crippen LogP contribution is -2.36. The van der Waals surface area contributed by atoms with Crippen LogP contribution in [0.4, 0.5) is 0 Å². The van der Waals surface area contributed by atoms with Gasteiger partial charge in [-0.1, -0.05) is 6.07 Å². The van der Waals surface area contributed by atoms with E-state index < -0.39 is 0 Å². The summed E-state index contributed by atoms with van der Waals surface area (Å²) in [6.45, 7) is 4.77. The molecule has 0 aliphatic carbocycles. The molecule has 1 aromatic carbocycles. The van der Waals surface area contributed by atoms with Gasteiger partial charge in [0.15, 0.2) is 0 Å². The minimum Gasteiger partial charge on any atom is -0.507 e. The van der Waals surface area contributed by atoms with E-state index in [-0.39, 0.29) is 11.3 Å². The number of H-pyrrole nitrogens is 1. The lowest BCUT2D eigenvalue weighted by Gasteiger charge is -2.26. The molecule has 1 saturated heterocycles. The van der Waals surface area contributed by atoms with Crippen LogP contribution in [0.2, 0.25) is 0 Å². The molecule has 138 valence electrons. The van der Waals surface area contributed by atoms with E-state index in [0.717, 1.165) is 67.8 Å². The van der Waals surface area contributed by atoms with Gasteiger partial charge in [0.05, 0.1) is 18.8 Å². The molecule has 0 spiro atoms. The van der Waals surface area contributed by atoms with Crippen molar-refractivity contribution in [2.45, 2.75) is 12.8 Å². The van der Waals surface area contributed by atoms with Crippen LogP contribution in [-0.2, 0) is 11.2 Å². The zero-order valence-electron chi connectivity index (χ0n) is 15.1. The van der Waals surface area contributed by atoms with Crippen molar-refractivity contribution in [3.05, 3.63) is 47.8 Å². The number of morpholine rings is 1. The van der Waals surface area contributed by atoms with Crippen molar-refractivity contribution in [1.82, 2.24) is 14.9 Å². The Morgan fingerprint density at radius 1 is 1.26 bits per heavy atom. The highest BCUT2D eigenvalue weighted by Gasteiger charge is 2.12. The zero-order chi connectivity index (χ0) is 18.6. The summed E-state index contributed by atoms with van der Waals surface area (Å²) in [5.41, 5.74) is 4.19. The summed E-state index contributed by atoms with van der Waals surface area (Å²) in [6.07, 6.45) is 5.90. The molecular formula is C21H22N4O2. The van der Waals surface area contributed by atoms with Crippen LogP contribution in [0.3, 0.4) is 0 Å². The maximum atomic E-state index is 9.74. The SMILES string of the molecule is N#Cc1cc(-c2c[nH]c3ncc(CCCN4CCOCC4)cc23)ccc1O. The number of phenols is 1. The number of fused-ring (bicyclic) bond motifs is 1. The number of benzene rings is 1. The molecule has 6 heteroatoms. The van der Waals surface area contributed by atoms with Gasteiger partial charge < -0.3 is 14.8 Å². The number of hydrogen-bond acceptors (Lipinski definition) is 5. The van der Waals surface area contributed by atoms with E-state index in [1.165, 1.54) is 5.56 Å². The molecule has 0 amide bonds. The Hall–Kier alpha value is -2.88. The van der Waals surface area contributed by atoms with E-state index in [0.29, 0.717) is 0 Å². The molecule has 3 heterocycles. The molecule has 0 saturated carbocycles. The number of rotatable bonds is 5. The highest BCUT2D eigenvalue weighted by molar-refractivity contribution is 5.94. The van der Waals surface area contributed by atoms with Crippen LogP contribution in [-0.4, -0.2) is 52.8 Å². The van der Waals surface area contributed by atoms with Gasteiger partial charge in [-0.3, -0.25) is 4.90 Å². The van der Waals surface area contributed by atoms with Crippen molar-refractivity contribution in [3.8, 4) is 22.9 Å². The number of aromatic hydroxyl groups is 1. The van der Waals surface area contributed by atoms with Crippen LogP contribution >= 0.6 is 0 Å². The first-order chi connectivity index (χ1) is 13.2. The first kappa shape index (κ1) is 17.5. The molecular weight excluding hydrogens is 340 g/mol. The fraction of sp³-hybridized carbons (Fsp3) is 0.333. The van der Waals surface area contributed by atoms with Gasteiger partial charge in [-0.15, -0.1) is 0 Å². The Labute approximate surface area is 158 Å². The zero-order valence-corrected chi connectivity index (χ0v) is 15.1. The average Bonchev–Trinajstić information content (AvgIpc) is 3.12. The molecule has 6 nitrogen and oxygen atoms in total. The molecule has 0 radical (unpaired) electrons. The van der Waals surface area contributed by atoms with E-state index in [4.69, 9.17) is 10.00 Å². The summed E-state index contributed by atoms with van der Waals surface area (Å²) in [4.78, 5) is 10.2. The van der Waals surface area contributed by atoms with Gasteiger partial charge in [-0.25, -0.2) is 4.98 Å². The second-order valence-corrected chi connectivity index (χ2v) is 6.84. The molecule has 27 heavy (non-hydrogen) atoms. The van der Waals surface area contributed by atoms with Crippen molar-refractivity contribution in [3.63, 3.8) is 0 Å². The van der Waals surface area contributed by atoms with Gasteiger partial charge in [0.2, 0.25) is 0 Å². The number of aromatic amines is 1. The van der Waals surface area contributed by atoms with Crippen LogP contribution in [0.1, 0.15) is 17.5 Å². The molecule has 2 aromatic heterocycles. The maximum absolute atomic E-state index is 9.74. The van der Waals surface area contributed by atoms with Gasteiger partial charge in [0, 0.05) is 36.4 Å². The van der Waals surface area contributed by atoms with E-state index in [2.05, 4.69) is 20.9 Å². The Morgan fingerprint density at radius 2 is 2.11 bits per heavy atom. The molecule has 4 rings (SSSR count). The molecule has 1 aliphatic rings. The summed E-state index contributed by atoms with van der Waals surface area (Å²) >= 11 is 0. The molecule has 0 atom stereocenters. The lowest BCUT2D eigenvalue weighted by atomic mass is 10.0. The van der Waals surface area contributed by atoms with Crippen molar-refractivity contribution >= 4 is 11.0 Å². The van der Waals surface area contributed by atoms with Gasteiger partial charge in [-0.2, -0.15) is 5.26 Å². The highest BCUT2D eigenvalue weighted by atomic mass is 16.5. The topological polar surface area (TPSA) is 85.2 Å². The van der Waals surface area contributed by atoms with E-state index in [9.17, 15) is 5.11 Å². The highest BCUT2D eigenvalue weighted by Crippen LogP contribution is 2.31. The smallest absolute Gasteiger partial charge is 0.137 e. The number of aromatic nitrogens is 2. The maximum Gasteiger partial charge on any atom is 0.137 e. The lowest BCUT2D eigenvalue weighted by molar-refractivity contribution is 0.0374. The molecule has 3 aromatic rings. The van der Waals surface area contributed by atoms with Crippen LogP contribution in [0, 0.1) is 11.3 Å². The number of nitrogens with zero attached hydrogens (tertiary/aromatic N) is 3. The summed E-state index contributed by atoms with van der Waals surface area (Å²) in [7, 11) is 0. The van der Waals surface area contributed by atoms with E-state index >= 15 is 0 Å². The second-order valence-electron chi connectivity index (χ2n) is 6.84. The number of pyridine rings is 1. The number of phenolic OH excluding ortho intramolecular Hbond substituents is 1. The number of hydrogen-bond donors (Lipinski definition) is 2. The predicted octanol–water partition coefficient (Wildman–Crippen LogP) is 3.07. The first-order valence-corrected chi connectivity index (χ1v) is 9.24. The van der Waals surface area contributed by atoms with Crippen molar-refractivity contribution in [2.75, 3.05) is 32.8 Å². The minimum absolute atomic E-state index is 0.00279. The van der Waals surface area contributed by atoms with E-state index in [1.54, 1.807) is 12.1 Å². The number of aryl methyl sites for hydroxylation is 1. The third-order valence-corrected chi connectivity index (χ3v) is 5.06. The van der Waals surface area contributed by atoms with Gasteiger partial charge in [-0.05, 0) is 48.7 Å². The fourth-order valence-electron chi connectivity index (χ4n) is 3.55. The van der Waals surface area contributed by atoms with Crippen LogP contribution in [0.15, 0.2) is 36.7 Å². The molecule has 1 fully saturated rings. The average molecular weight is 362 g/mol. The third kappa shape index (κ3) is 3.80. The molecule has 2 N–H and O–H groups in total. The Bertz CT molecular complexity index is 984. The van der Waals surface area contributed by atoms with Crippen LogP contribution in [0.25, 0.3) is 22.2 Å². The quantitative estimate of drug-likeness (QED) is 0.729. The monoisotopic (exact) mass is 362 g/mol. The van der Waals surface area contributed by atoms with Crippen molar-refractivity contribution in [2.24, 2.45) is 0 Å². The minimum atomic E-state index is 0.00279. The molecule has 0 unspecified atom stereocenters. The summed E-state index contributed by atoms with van der Waals surface area (Å²) < 4.78 is 5.39. The Kier molecular flexibility index (Phi) is 5.05. The largest absolute Gasteiger partial charge is 0.507 e. The van der Waals surface area contributed by atoms with Gasteiger partial charge >= 0.3 is 0 Å². The van der Waals surface area contributed by atoms with Gasteiger partial charge in [0.1, 0.15) is 17.5 Å². The fourth-order valence-corrected chi connectivity index (χ4v) is 3.55. The van der Waals surface area contributed by atoms with Crippen LogP contribution in [0.5, 0.6) is 5.75 Å². The molecule has 1 aliphatic heterocycles. The predicted molar refractivity (Wildman–Crippen MR) is 103 cm³/mol.